The van der Waals surface area contributed by atoms with Gasteiger partial charge in [0.1, 0.15) is 10.9 Å². The largest absolute Gasteiger partial charge is 0.319 e. The van der Waals surface area contributed by atoms with Crippen LogP contribution >= 0.6 is 11.8 Å². The number of carbonyl (C=O) groups is 1. The van der Waals surface area contributed by atoms with E-state index in [2.05, 4.69) is 5.32 Å². The van der Waals surface area contributed by atoms with E-state index in [0.717, 1.165) is 16.0 Å². The maximum Gasteiger partial charge on any atom is 0.293 e. The summed E-state index contributed by atoms with van der Waals surface area (Å²) >= 11 is 1.40. The van der Waals surface area contributed by atoms with Crippen LogP contribution in [-0.2, 0) is 4.79 Å². The lowest BCUT2D eigenvalue weighted by Crippen LogP contribution is -2.19. The van der Waals surface area contributed by atoms with E-state index in [1.54, 1.807) is 19.1 Å². The Kier molecular flexibility index (Phi) is 5.88. The number of nitrogens with one attached hydrogen (secondary N) is 1. The minimum absolute atomic E-state index is 0.111. The first-order valence-electron chi connectivity index (χ1n) is 8.37. The average molecular weight is 378 g/mol. The molecule has 0 radical (unpaired) electrons. The summed E-state index contributed by atoms with van der Waals surface area (Å²) in [6.07, 6.45) is 0. The van der Waals surface area contributed by atoms with Crippen LogP contribution < -0.4 is 5.32 Å². The van der Waals surface area contributed by atoms with Gasteiger partial charge in [0.2, 0.25) is 5.91 Å². The summed E-state index contributed by atoms with van der Waals surface area (Å²) in [6.45, 7) is 1.77. The minimum atomic E-state index is -0.533. The van der Waals surface area contributed by atoms with Gasteiger partial charge in [-0.1, -0.05) is 54.6 Å². The van der Waals surface area contributed by atoms with E-state index in [4.69, 9.17) is 0 Å². The Morgan fingerprint density at radius 1 is 1.00 bits per heavy atom. The van der Waals surface area contributed by atoms with Gasteiger partial charge in [0.15, 0.2) is 0 Å². The van der Waals surface area contributed by atoms with E-state index in [9.17, 15) is 14.9 Å². The monoisotopic (exact) mass is 378 g/mol. The van der Waals surface area contributed by atoms with Gasteiger partial charge in [-0.25, -0.2) is 0 Å². The summed E-state index contributed by atoms with van der Waals surface area (Å²) in [5.41, 5.74) is 1.68. The van der Waals surface area contributed by atoms with Gasteiger partial charge >= 0.3 is 0 Å². The second-order valence-electron chi connectivity index (χ2n) is 5.99. The smallest absolute Gasteiger partial charge is 0.293 e. The number of aryl methyl sites for hydroxylation is 1. The first kappa shape index (κ1) is 18.7. The summed E-state index contributed by atoms with van der Waals surface area (Å²) in [5.74, 6) is -0.304. The Morgan fingerprint density at radius 2 is 1.63 bits per heavy atom. The number of carbonyl (C=O) groups excluding carboxylic acids is 1. The molecule has 0 spiro atoms. The average Bonchev–Trinajstić information content (AvgIpc) is 2.68. The van der Waals surface area contributed by atoms with Crippen LogP contribution in [0.2, 0.25) is 0 Å². The lowest BCUT2D eigenvalue weighted by molar-refractivity contribution is -0.384. The van der Waals surface area contributed by atoms with Crippen LogP contribution in [0.3, 0.4) is 0 Å². The zero-order valence-electron chi connectivity index (χ0n) is 14.7. The van der Waals surface area contributed by atoms with Crippen molar-refractivity contribution in [3.8, 4) is 0 Å². The molecule has 0 aromatic heterocycles. The number of amides is 1. The number of nitro benzene ring substituents is 1. The molecule has 6 heteroatoms. The lowest BCUT2D eigenvalue weighted by Gasteiger charge is -2.17. The van der Waals surface area contributed by atoms with Crippen molar-refractivity contribution in [2.24, 2.45) is 0 Å². The van der Waals surface area contributed by atoms with Crippen LogP contribution in [0.5, 0.6) is 0 Å². The fraction of sp³-hybridized carbons (Fsp3) is 0.0952. The Morgan fingerprint density at radius 3 is 2.26 bits per heavy atom. The third kappa shape index (κ3) is 4.74. The van der Waals surface area contributed by atoms with E-state index >= 15 is 0 Å². The van der Waals surface area contributed by atoms with Gasteiger partial charge < -0.3 is 5.32 Å². The minimum Gasteiger partial charge on any atom is -0.319 e. The molecule has 0 unspecified atom stereocenters. The topological polar surface area (TPSA) is 72.2 Å². The molecule has 0 saturated heterocycles. The molecule has 1 atom stereocenters. The van der Waals surface area contributed by atoms with Crippen LogP contribution in [-0.4, -0.2) is 10.8 Å². The second-order valence-corrected chi connectivity index (χ2v) is 7.17. The molecule has 3 rings (SSSR count). The Balaban J connectivity index is 1.91. The number of nitrogens with zero attached hydrogens (tertiary/aromatic N) is 1. The summed E-state index contributed by atoms with van der Waals surface area (Å²) in [6, 6.07) is 23.7. The molecule has 27 heavy (non-hydrogen) atoms. The normalized spacial score (nSPS) is 11.6. The first-order chi connectivity index (χ1) is 13.0. The lowest BCUT2D eigenvalue weighted by atomic mass is 10.1. The predicted octanol–water partition coefficient (Wildman–Crippen LogP) is 5.38. The highest BCUT2D eigenvalue weighted by Crippen LogP contribution is 2.37. The first-order valence-corrected chi connectivity index (χ1v) is 9.25. The summed E-state index contributed by atoms with van der Waals surface area (Å²) in [7, 11) is 0. The maximum atomic E-state index is 13.0. The van der Waals surface area contributed by atoms with Gasteiger partial charge in [0.25, 0.3) is 5.69 Å². The van der Waals surface area contributed by atoms with Crippen molar-refractivity contribution in [1.82, 2.24) is 0 Å². The second kappa shape index (κ2) is 8.51. The Labute approximate surface area is 161 Å². The number of nitro groups is 1. The van der Waals surface area contributed by atoms with Crippen molar-refractivity contribution in [3.05, 3.63) is 100 Å². The molecule has 136 valence electrons. The molecule has 3 aromatic rings. The molecule has 0 saturated carbocycles. The predicted molar refractivity (Wildman–Crippen MR) is 108 cm³/mol. The van der Waals surface area contributed by atoms with Crippen LogP contribution in [0.15, 0.2) is 83.8 Å². The van der Waals surface area contributed by atoms with E-state index < -0.39 is 10.2 Å². The molecule has 1 N–H and O–H groups in total. The molecule has 0 fully saturated rings. The van der Waals surface area contributed by atoms with E-state index in [0.29, 0.717) is 0 Å². The third-order valence-electron chi connectivity index (χ3n) is 3.95. The SMILES string of the molecule is Cc1ccc(NC(=O)[C@H](Sc2ccccc2)c2ccccc2)c([N+](=O)[O-])c1. The quantitative estimate of drug-likeness (QED) is 0.355. The van der Waals surface area contributed by atoms with Gasteiger partial charge in [-0.05, 0) is 36.2 Å². The summed E-state index contributed by atoms with van der Waals surface area (Å²) < 4.78 is 0. The maximum absolute atomic E-state index is 13.0. The third-order valence-corrected chi connectivity index (χ3v) is 5.21. The highest BCUT2D eigenvalue weighted by atomic mass is 32.2. The van der Waals surface area contributed by atoms with Gasteiger partial charge in [-0.15, -0.1) is 11.8 Å². The highest BCUT2D eigenvalue weighted by Gasteiger charge is 2.24. The number of thioether (sulfide) groups is 1. The highest BCUT2D eigenvalue weighted by molar-refractivity contribution is 8.00. The van der Waals surface area contributed by atoms with Crippen molar-refractivity contribution in [2.45, 2.75) is 17.1 Å². The fourth-order valence-corrected chi connectivity index (χ4v) is 3.68. The van der Waals surface area contributed by atoms with Gasteiger partial charge in [0, 0.05) is 11.0 Å². The molecule has 0 bridgehead atoms. The summed E-state index contributed by atoms with van der Waals surface area (Å²) in [5, 5.41) is 13.5. The van der Waals surface area contributed by atoms with Crippen molar-refractivity contribution in [2.75, 3.05) is 5.32 Å². The van der Waals surface area contributed by atoms with Gasteiger partial charge in [-0.2, -0.15) is 0 Å². The van der Waals surface area contributed by atoms with Gasteiger partial charge in [0.05, 0.1) is 4.92 Å². The Hall–Kier alpha value is -3.12. The molecule has 0 heterocycles. The Bertz CT molecular complexity index is 946. The number of hydrogen-bond donors (Lipinski definition) is 1. The number of anilines is 1. The van der Waals surface area contributed by atoms with Gasteiger partial charge in [-0.3, -0.25) is 14.9 Å². The van der Waals surface area contributed by atoms with Crippen LogP contribution in [0, 0.1) is 17.0 Å². The van der Waals surface area contributed by atoms with Crippen LogP contribution in [0.25, 0.3) is 0 Å². The molecular formula is C21H18N2O3S. The van der Waals surface area contributed by atoms with Crippen molar-refractivity contribution < 1.29 is 9.72 Å². The molecule has 0 aliphatic carbocycles. The van der Waals surface area contributed by atoms with Crippen LogP contribution in [0.4, 0.5) is 11.4 Å². The van der Waals surface area contributed by atoms with E-state index in [1.807, 2.05) is 60.7 Å². The van der Waals surface area contributed by atoms with Crippen molar-refractivity contribution in [3.63, 3.8) is 0 Å². The number of rotatable bonds is 6. The molecule has 5 nitrogen and oxygen atoms in total. The number of benzene rings is 3. The van der Waals surface area contributed by atoms with Crippen molar-refractivity contribution >= 4 is 29.0 Å². The molecular weight excluding hydrogens is 360 g/mol. The van der Waals surface area contributed by atoms with Crippen LogP contribution in [0.1, 0.15) is 16.4 Å². The number of hydrogen-bond acceptors (Lipinski definition) is 4. The van der Waals surface area contributed by atoms with E-state index in [1.165, 1.54) is 17.8 Å². The van der Waals surface area contributed by atoms with E-state index in [-0.39, 0.29) is 17.3 Å². The molecule has 0 aliphatic rings. The zero-order valence-corrected chi connectivity index (χ0v) is 15.5. The van der Waals surface area contributed by atoms with Crippen molar-refractivity contribution in [1.29, 1.82) is 0 Å². The summed E-state index contributed by atoms with van der Waals surface area (Å²) in [4.78, 5) is 24.8. The standard InChI is InChI=1S/C21H18N2O3S/c1-15-12-13-18(19(14-15)23(25)26)22-21(24)20(16-8-4-2-5-9-16)27-17-10-6-3-7-11-17/h2-14,20H,1H3,(H,22,24)/t20-/m1/s1. The molecule has 0 aliphatic heterocycles. The molecule has 3 aromatic carbocycles. The fourth-order valence-electron chi connectivity index (χ4n) is 2.63. The molecule has 1 amide bonds. The zero-order chi connectivity index (χ0) is 19.2.